The van der Waals surface area contributed by atoms with Gasteiger partial charge in [-0.25, -0.2) is 4.98 Å². The first-order valence-electron chi connectivity index (χ1n) is 6.82. The summed E-state index contributed by atoms with van der Waals surface area (Å²) in [7, 11) is 1.58. The molecule has 0 aliphatic rings. The van der Waals surface area contributed by atoms with E-state index in [0.717, 1.165) is 10.4 Å². The van der Waals surface area contributed by atoms with Gasteiger partial charge in [-0.2, -0.15) is 0 Å². The van der Waals surface area contributed by atoms with Crippen LogP contribution in [0.1, 0.15) is 17.4 Å². The fourth-order valence-corrected chi connectivity index (χ4v) is 3.95. The number of nitrogens with two attached hydrogens (primary N) is 1. The first-order chi connectivity index (χ1) is 10.4. The lowest BCUT2D eigenvalue weighted by molar-refractivity contribution is -0.117. The van der Waals surface area contributed by atoms with Crippen LogP contribution in [0.4, 0.5) is 0 Å². The van der Waals surface area contributed by atoms with Gasteiger partial charge in [0.05, 0.1) is 23.8 Å². The van der Waals surface area contributed by atoms with E-state index in [4.69, 9.17) is 10.5 Å². The third kappa shape index (κ3) is 3.18. The zero-order valence-electron chi connectivity index (χ0n) is 13.0. The number of ether oxygens (including phenoxy) is 1. The molecular weight excluding hydrogens is 322 g/mol. The third-order valence-electron chi connectivity index (χ3n) is 3.46. The molecule has 0 spiro atoms. The number of fused-ring (bicyclic) bond motifs is 1. The molecule has 2 rings (SSSR count). The average molecular weight is 341 g/mol. The van der Waals surface area contributed by atoms with Gasteiger partial charge >= 0.3 is 0 Å². The van der Waals surface area contributed by atoms with Crippen molar-refractivity contribution in [2.24, 2.45) is 5.73 Å². The normalized spacial score (nSPS) is 12.7. The Kier molecular flexibility index (Phi) is 5.25. The first-order valence-corrected chi connectivity index (χ1v) is 8.51. The van der Waals surface area contributed by atoms with Crippen LogP contribution >= 0.6 is 23.1 Å². The number of aromatic nitrogens is 2. The monoisotopic (exact) mass is 341 g/mol. The number of hydrogen-bond donors (Lipinski definition) is 1. The second-order valence-electron chi connectivity index (χ2n) is 4.97. The Hall–Kier alpha value is -1.38. The van der Waals surface area contributed by atoms with E-state index in [1.807, 2.05) is 13.8 Å². The van der Waals surface area contributed by atoms with Crippen LogP contribution in [0.25, 0.3) is 10.2 Å². The molecule has 0 bridgehead atoms. The topological polar surface area (TPSA) is 87.2 Å². The molecule has 0 aliphatic heterocycles. The number of methoxy groups -OCH3 is 1. The Bertz CT molecular complexity index is 767. The van der Waals surface area contributed by atoms with E-state index in [0.29, 0.717) is 28.5 Å². The molecule has 120 valence electrons. The number of aryl methyl sites for hydroxylation is 2. The van der Waals surface area contributed by atoms with Gasteiger partial charge in [-0.05, 0) is 26.3 Å². The number of thioether (sulfide) groups is 1. The molecule has 2 aromatic rings. The predicted molar refractivity (Wildman–Crippen MR) is 89.7 cm³/mol. The fraction of sp³-hybridized carbons (Fsp3) is 0.500. The van der Waals surface area contributed by atoms with E-state index in [2.05, 4.69) is 4.98 Å². The first kappa shape index (κ1) is 17.0. The molecule has 0 saturated heterocycles. The van der Waals surface area contributed by atoms with Crippen LogP contribution in [-0.2, 0) is 16.1 Å². The molecule has 0 unspecified atom stereocenters. The maximum atomic E-state index is 12.8. The van der Waals surface area contributed by atoms with Crippen molar-refractivity contribution < 1.29 is 9.53 Å². The molecule has 6 nitrogen and oxygen atoms in total. The van der Waals surface area contributed by atoms with Crippen molar-refractivity contribution >= 4 is 39.2 Å². The molecule has 1 atom stereocenters. The average Bonchev–Trinajstić information content (AvgIpc) is 2.73. The molecule has 0 aromatic carbocycles. The fourth-order valence-electron chi connectivity index (χ4n) is 1.99. The maximum absolute atomic E-state index is 12.8. The van der Waals surface area contributed by atoms with Crippen molar-refractivity contribution in [2.75, 3.05) is 13.7 Å². The van der Waals surface area contributed by atoms with Gasteiger partial charge in [0.15, 0.2) is 5.16 Å². The lowest BCUT2D eigenvalue weighted by Gasteiger charge is -2.13. The van der Waals surface area contributed by atoms with Gasteiger partial charge in [-0.3, -0.25) is 14.2 Å². The van der Waals surface area contributed by atoms with Crippen LogP contribution in [0, 0.1) is 13.8 Å². The van der Waals surface area contributed by atoms with E-state index in [1.165, 1.54) is 23.1 Å². The highest BCUT2D eigenvalue weighted by Gasteiger charge is 2.20. The van der Waals surface area contributed by atoms with E-state index in [-0.39, 0.29) is 5.56 Å². The van der Waals surface area contributed by atoms with Crippen LogP contribution in [0.5, 0.6) is 0 Å². The van der Waals surface area contributed by atoms with E-state index < -0.39 is 11.2 Å². The van der Waals surface area contributed by atoms with Crippen molar-refractivity contribution in [1.82, 2.24) is 9.55 Å². The molecule has 1 amide bonds. The largest absolute Gasteiger partial charge is 0.383 e. The van der Waals surface area contributed by atoms with E-state index in [9.17, 15) is 9.59 Å². The molecular formula is C14H19N3O3S2. The number of carbonyl (C=O) groups excluding carboxylic acids is 1. The predicted octanol–water partition coefficient (Wildman–Crippen LogP) is 1.69. The smallest absolute Gasteiger partial charge is 0.263 e. The Morgan fingerprint density at radius 2 is 2.18 bits per heavy atom. The number of thiophene rings is 1. The van der Waals surface area contributed by atoms with Crippen molar-refractivity contribution in [3.8, 4) is 0 Å². The third-order valence-corrected chi connectivity index (χ3v) is 5.67. The van der Waals surface area contributed by atoms with Crippen LogP contribution in [-0.4, -0.2) is 34.4 Å². The van der Waals surface area contributed by atoms with Gasteiger partial charge in [0.25, 0.3) is 5.56 Å². The molecule has 0 fully saturated rings. The molecule has 2 aromatic heterocycles. The highest BCUT2D eigenvalue weighted by atomic mass is 32.2. The van der Waals surface area contributed by atoms with Crippen LogP contribution in [0.2, 0.25) is 0 Å². The minimum absolute atomic E-state index is 0.0944. The summed E-state index contributed by atoms with van der Waals surface area (Å²) in [5.41, 5.74) is 6.18. The van der Waals surface area contributed by atoms with Gasteiger partial charge < -0.3 is 10.5 Å². The number of hydrogen-bond acceptors (Lipinski definition) is 6. The van der Waals surface area contributed by atoms with Gasteiger partial charge in [0, 0.05) is 12.0 Å². The number of carbonyl (C=O) groups is 1. The maximum Gasteiger partial charge on any atom is 0.263 e. The van der Waals surface area contributed by atoms with E-state index in [1.54, 1.807) is 18.6 Å². The second kappa shape index (κ2) is 6.80. The number of nitrogens with zero attached hydrogens (tertiary/aromatic N) is 2. The minimum atomic E-state index is -0.458. The zero-order valence-corrected chi connectivity index (χ0v) is 14.6. The molecule has 0 aliphatic carbocycles. The lowest BCUT2D eigenvalue weighted by Crippen LogP contribution is -2.28. The Morgan fingerprint density at radius 3 is 2.77 bits per heavy atom. The van der Waals surface area contributed by atoms with Crippen molar-refractivity contribution in [3.05, 3.63) is 20.8 Å². The summed E-state index contributed by atoms with van der Waals surface area (Å²) in [6.45, 7) is 6.39. The summed E-state index contributed by atoms with van der Waals surface area (Å²) >= 11 is 2.69. The quantitative estimate of drug-likeness (QED) is 0.638. The standard InChI is InChI=1S/C14H19N3O3S2/c1-7-8(2)21-12-10(7)13(19)17(5-6-20-4)14(16-12)22-9(3)11(15)18/h9H,5-6H2,1-4H3,(H2,15,18)/t9-/m0/s1. The Labute approximate surface area is 136 Å². The molecule has 8 heteroatoms. The Morgan fingerprint density at radius 1 is 1.50 bits per heavy atom. The van der Waals surface area contributed by atoms with E-state index >= 15 is 0 Å². The van der Waals surface area contributed by atoms with Gasteiger partial charge in [0.2, 0.25) is 5.91 Å². The van der Waals surface area contributed by atoms with Crippen LogP contribution < -0.4 is 11.3 Å². The summed E-state index contributed by atoms with van der Waals surface area (Å²) in [6.07, 6.45) is 0. The van der Waals surface area contributed by atoms with Gasteiger partial charge in [-0.15, -0.1) is 11.3 Å². The molecule has 0 radical (unpaired) electrons. The molecule has 0 saturated carbocycles. The number of amides is 1. The molecule has 22 heavy (non-hydrogen) atoms. The molecule has 2 N–H and O–H groups in total. The summed E-state index contributed by atoms with van der Waals surface area (Å²) in [5.74, 6) is -0.434. The second-order valence-corrected chi connectivity index (χ2v) is 7.48. The van der Waals surface area contributed by atoms with Crippen LogP contribution in [0.3, 0.4) is 0 Å². The van der Waals surface area contributed by atoms with Crippen molar-refractivity contribution in [2.45, 2.75) is 37.7 Å². The van der Waals surface area contributed by atoms with Crippen molar-refractivity contribution in [3.63, 3.8) is 0 Å². The summed E-state index contributed by atoms with van der Waals surface area (Å²) in [5, 5.41) is 0.692. The molecule has 2 heterocycles. The lowest BCUT2D eigenvalue weighted by atomic mass is 10.2. The minimum Gasteiger partial charge on any atom is -0.383 e. The number of primary amides is 1. The summed E-state index contributed by atoms with van der Waals surface area (Å²) < 4.78 is 6.63. The number of rotatable bonds is 6. The van der Waals surface area contributed by atoms with Gasteiger partial charge in [0.1, 0.15) is 4.83 Å². The SMILES string of the molecule is COCCn1c(S[C@@H](C)C(N)=O)nc2sc(C)c(C)c2c1=O. The van der Waals surface area contributed by atoms with Crippen LogP contribution in [0.15, 0.2) is 9.95 Å². The highest BCUT2D eigenvalue weighted by molar-refractivity contribution is 8.00. The van der Waals surface area contributed by atoms with Crippen molar-refractivity contribution in [1.29, 1.82) is 0 Å². The highest BCUT2D eigenvalue weighted by Crippen LogP contribution is 2.29. The zero-order chi connectivity index (χ0) is 16.4. The summed E-state index contributed by atoms with van der Waals surface area (Å²) in [6, 6.07) is 0. The summed E-state index contributed by atoms with van der Waals surface area (Å²) in [4.78, 5) is 30.4. The Balaban J connectivity index is 2.61. The van der Waals surface area contributed by atoms with Gasteiger partial charge in [-0.1, -0.05) is 11.8 Å².